The fraction of sp³-hybridized carbons (Fsp3) is 0.625. The smallest absolute Gasteiger partial charge is 1.00 e. The Labute approximate surface area is 148 Å². The molecule has 0 bridgehead atoms. The molecule has 1 aromatic heterocycles. The Morgan fingerprint density at radius 1 is 1.50 bits per heavy atom. The van der Waals surface area contributed by atoms with Crippen molar-refractivity contribution in [3.8, 4) is 0 Å². The zero-order valence-corrected chi connectivity index (χ0v) is 14.3. The quantitative estimate of drug-likeness (QED) is 0.309. The van der Waals surface area contributed by atoms with Gasteiger partial charge >= 0.3 is 39.9 Å². The minimum atomic E-state index is -4.58. The molecule has 1 aromatic rings. The molecule has 0 radical (unpaired) electrons. The van der Waals surface area contributed by atoms with Crippen molar-refractivity contribution in [2.75, 3.05) is 12.3 Å². The van der Waals surface area contributed by atoms with Crippen LogP contribution in [-0.4, -0.2) is 72.8 Å². The van der Waals surface area contributed by atoms with Gasteiger partial charge in [0.2, 0.25) is 5.91 Å². The van der Waals surface area contributed by atoms with Gasteiger partial charge in [-0.1, -0.05) is 5.10 Å². The number of rotatable bonds is 3. The Balaban J connectivity index is 0.00000132. The van der Waals surface area contributed by atoms with E-state index in [2.05, 4.69) is 15.4 Å². The van der Waals surface area contributed by atoms with E-state index < -0.39 is 34.2 Å². The summed E-state index contributed by atoms with van der Waals surface area (Å²) in [7, 11) is -4.58. The van der Waals surface area contributed by atoms with Gasteiger partial charge in [-0.2, -0.15) is 13.2 Å². The van der Waals surface area contributed by atoms with Crippen LogP contribution in [0.4, 0.5) is 5.95 Å². The molecule has 0 aromatic carbocycles. The number of carbonyl (C=O) groups excluding carboxylic acids is 2. The number of fused-ring (bicyclic) bond motifs is 1. The summed E-state index contributed by atoms with van der Waals surface area (Å²) in [5.74, 6) is -1.36. The zero-order chi connectivity index (χ0) is 15.4. The van der Waals surface area contributed by atoms with Crippen LogP contribution in [0, 0.1) is 0 Å². The first-order valence-corrected chi connectivity index (χ1v) is 7.32. The van der Waals surface area contributed by atoms with Crippen molar-refractivity contribution in [2.45, 2.75) is 25.0 Å². The number of nitrogens with two attached hydrogens (primary N) is 1. The Hall–Kier alpha value is -1.28. The third-order valence-electron chi connectivity index (χ3n) is 3.45. The molecule has 0 unspecified atom stereocenters. The van der Waals surface area contributed by atoms with Crippen LogP contribution in [0.5, 0.6) is 0 Å². The number of likely N-dealkylation sites (tertiary alicyclic amines) is 1. The number of nitrogens with zero attached hydrogens (tertiary/aromatic N) is 6. The predicted octanol–water partition coefficient (Wildman–Crippen LogP) is -6.01. The average molecular weight is 341 g/mol. The van der Waals surface area contributed by atoms with Crippen LogP contribution in [0.3, 0.4) is 0 Å². The molecule has 2 amide bonds. The van der Waals surface area contributed by atoms with Crippen molar-refractivity contribution in [1.29, 1.82) is 0 Å². The van der Waals surface area contributed by atoms with Crippen molar-refractivity contribution in [3.05, 3.63) is 0 Å². The number of amides is 2. The minimum absolute atomic E-state index is 0. The van der Waals surface area contributed by atoms with Gasteiger partial charge in [0, 0.05) is 6.54 Å². The molecular weight excluding hydrogens is 329 g/mol. The maximum Gasteiger partial charge on any atom is 1.00 e. The largest absolute Gasteiger partial charge is 1.00 e. The summed E-state index contributed by atoms with van der Waals surface area (Å²) in [4.78, 5) is 26.1. The summed E-state index contributed by atoms with van der Waals surface area (Å²) < 4.78 is 31.4. The normalized spacial score (nSPS) is 23.8. The van der Waals surface area contributed by atoms with Gasteiger partial charge in [-0.25, -0.2) is 4.31 Å². The van der Waals surface area contributed by atoms with E-state index >= 15 is 0 Å². The van der Waals surface area contributed by atoms with Crippen LogP contribution >= 0.6 is 0 Å². The van der Waals surface area contributed by atoms with Gasteiger partial charge in [-0.05, 0) is 11.6 Å². The van der Waals surface area contributed by atoms with Gasteiger partial charge in [0.1, 0.15) is 12.6 Å². The first-order chi connectivity index (χ1) is 9.79. The van der Waals surface area contributed by atoms with E-state index in [1.165, 1.54) is 4.90 Å². The van der Waals surface area contributed by atoms with Gasteiger partial charge < -0.3 is 12.1 Å². The predicted molar refractivity (Wildman–Crippen MR) is 65.6 cm³/mol. The van der Waals surface area contributed by atoms with E-state index in [0.717, 1.165) is 4.80 Å². The number of nitrogen functional groups attached to an aromatic ring is 1. The van der Waals surface area contributed by atoms with Crippen molar-refractivity contribution in [1.82, 2.24) is 29.4 Å². The van der Waals surface area contributed by atoms with E-state index in [1.807, 2.05) is 0 Å². The van der Waals surface area contributed by atoms with Crippen LogP contribution in [0.1, 0.15) is 7.85 Å². The first kappa shape index (κ1) is 17.1. The van der Waals surface area contributed by atoms with Gasteiger partial charge in [0.15, 0.2) is 0 Å². The number of aromatic nitrogens is 4. The van der Waals surface area contributed by atoms with Gasteiger partial charge in [-0.15, -0.1) is 5.10 Å². The Morgan fingerprint density at radius 2 is 2.18 bits per heavy atom. The molecule has 116 valence electrons. The summed E-state index contributed by atoms with van der Waals surface area (Å²) in [6, 6.07) is -1.59. The maximum atomic E-state index is 12.1. The number of hydrogen-bond donors (Lipinski definition) is 2. The summed E-state index contributed by atoms with van der Waals surface area (Å²) in [6.07, 6.45) is 0.273. The molecule has 2 atom stereocenters. The summed E-state index contributed by atoms with van der Waals surface area (Å²) >= 11 is 0. The Morgan fingerprint density at radius 3 is 2.73 bits per heavy atom. The molecular formula is C8H12N7NaO5S. The molecule has 2 aliphatic heterocycles. The van der Waals surface area contributed by atoms with Crippen molar-refractivity contribution < 1.29 is 53.5 Å². The van der Waals surface area contributed by atoms with Crippen LogP contribution in [-0.2, 0) is 26.4 Å². The average Bonchev–Trinajstić information content (AvgIpc) is 2.91. The molecule has 2 saturated heterocycles. The molecule has 0 spiro atoms. The van der Waals surface area contributed by atoms with Crippen LogP contribution in [0.2, 0.25) is 0 Å². The second-order valence-corrected chi connectivity index (χ2v) is 5.97. The molecule has 3 heterocycles. The summed E-state index contributed by atoms with van der Waals surface area (Å²) in [5, 5.41) is 10.6. The van der Waals surface area contributed by atoms with E-state index in [0.29, 0.717) is 4.31 Å². The fourth-order valence-corrected chi connectivity index (χ4v) is 3.53. The van der Waals surface area contributed by atoms with Crippen LogP contribution in [0.25, 0.3) is 0 Å². The topological polar surface area (TPSA) is 165 Å². The van der Waals surface area contributed by atoms with E-state index in [4.69, 9.17) is 10.3 Å². The third kappa shape index (κ3) is 2.69. The third-order valence-corrected chi connectivity index (χ3v) is 4.40. The van der Waals surface area contributed by atoms with E-state index in [1.54, 1.807) is 0 Å². The second kappa shape index (κ2) is 5.73. The Bertz CT molecular complexity index is 726. The van der Waals surface area contributed by atoms with Crippen molar-refractivity contribution in [3.63, 3.8) is 0 Å². The fourth-order valence-electron chi connectivity index (χ4n) is 2.63. The maximum absolute atomic E-state index is 12.1. The molecule has 3 rings (SSSR count). The van der Waals surface area contributed by atoms with Crippen LogP contribution < -0.4 is 35.3 Å². The number of tetrazole rings is 1. The molecule has 22 heavy (non-hydrogen) atoms. The molecule has 14 heteroatoms. The number of β-lactam (4-membered cyclic amide) rings is 1. The Kier molecular flexibility index (Phi) is 4.45. The monoisotopic (exact) mass is 341 g/mol. The van der Waals surface area contributed by atoms with E-state index in [-0.39, 0.29) is 56.4 Å². The van der Waals surface area contributed by atoms with Gasteiger partial charge in [0.25, 0.3) is 11.9 Å². The summed E-state index contributed by atoms with van der Waals surface area (Å²) in [5.41, 5.74) is 5.27. The molecule has 0 saturated carbocycles. The molecule has 12 nitrogen and oxygen atoms in total. The van der Waals surface area contributed by atoms with Gasteiger partial charge in [-0.3, -0.25) is 14.1 Å². The summed E-state index contributed by atoms with van der Waals surface area (Å²) in [6.45, 7) is -0.0529. The molecule has 3 N–H and O–H groups in total. The standard InChI is InChI=1S/C8H11N7O5S.Na.H/c9-8-10-12-14(11-8)3-5(16)13-2-1-4-6(13)7(17)15(4)21(18,19)20;;/h4,6H,1-3H2,(H2,9,11)(H,18,19,20);;/q;+1;-1/t4-,6+;;/m1../s1. The van der Waals surface area contributed by atoms with E-state index in [9.17, 15) is 18.0 Å². The molecule has 2 aliphatic rings. The van der Waals surface area contributed by atoms with Gasteiger partial charge in [0.05, 0.1) is 6.04 Å². The molecule has 0 aliphatic carbocycles. The van der Waals surface area contributed by atoms with Crippen molar-refractivity contribution in [2.24, 2.45) is 0 Å². The number of hydrogen-bond acceptors (Lipinski definition) is 8. The SMILES string of the molecule is Nc1nnn(CC(=O)N2CC[C@@H]3[C@H]2C(=O)N3S(=O)(=O)O)n1.[H-].[Na+]. The number of anilines is 1. The van der Waals surface area contributed by atoms with Crippen molar-refractivity contribution >= 4 is 28.1 Å². The van der Waals surface area contributed by atoms with Crippen LogP contribution in [0.15, 0.2) is 0 Å². The second-order valence-electron chi connectivity index (χ2n) is 4.68. The first-order valence-electron chi connectivity index (χ1n) is 5.92. The minimum Gasteiger partial charge on any atom is -1.00 e. The number of carbonyl (C=O) groups is 2. The molecule has 2 fully saturated rings. The zero-order valence-electron chi connectivity index (χ0n) is 12.5.